The van der Waals surface area contributed by atoms with Crippen LogP contribution in [0.15, 0.2) is 18.6 Å². The average molecular weight is 205 g/mol. The summed E-state index contributed by atoms with van der Waals surface area (Å²) in [5.41, 5.74) is 1.04. The van der Waals surface area contributed by atoms with Gasteiger partial charge < -0.3 is 5.11 Å². The molecule has 0 saturated carbocycles. The van der Waals surface area contributed by atoms with Crippen LogP contribution in [0.1, 0.15) is 38.3 Å². The van der Waals surface area contributed by atoms with Gasteiger partial charge in [0.25, 0.3) is 0 Å². The lowest BCUT2D eigenvalue weighted by molar-refractivity contribution is 0.469. The van der Waals surface area contributed by atoms with Crippen LogP contribution in [0.5, 0.6) is 5.75 Å². The van der Waals surface area contributed by atoms with E-state index in [1.165, 1.54) is 6.20 Å². The Labute approximate surface area is 88.6 Å². The lowest BCUT2D eigenvalue weighted by Crippen LogP contribution is -1.92. The highest BCUT2D eigenvalue weighted by molar-refractivity contribution is 5.33. The second-order valence-corrected chi connectivity index (χ2v) is 3.87. The Balaban J connectivity index is 2.38. The van der Waals surface area contributed by atoms with Crippen LogP contribution in [0.25, 0.3) is 5.78 Å². The SMILES string of the molecule is CCC[C@H](C)c1cn2cc(O)cnc2n1. The van der Waals surface area contributed by atoms with Crippen molar-refractivity contribution in [3.05, 3.63) is 24.3 Å². The zero-order valence-corrected chi connectivity index (χ0v) is 9.01. The van der Waals surface area contributed by atoms with Gasteiger partial charge >= 0.3 is 0 Å². The quantitative estimate of drug-likeness (QED) is 0.836. The Hall–Kier alpha value is -1.58. The van der Waals surface area contributed by atoms with Crippen molar-refractivity contribution in [2.45, 2.75) is 32.6 Å². The summed E-state index contributed by atoms with van der Waals surface area (Å²) in [7, 11) is 0. The van der Waals surface area contributed by atoms with Crippen molar-refractivity contribution in [3.8, 4) is 5.75 Å². The van der Waals surface area contributed by atoms with Gasteiger partial charge in [0.15, 0.2) is 5.75 Å². The molecule has 1 N–H and O–H groups in total. The predicted molar refractivity (Wildman–Crippen MR) is 58.0 cm³/mol. The largest absolute Gasteiger partial charge is 0.505 e. The van der Waals surface area contributed by atoms with E-state index in [-0.39, 0.29) is 5.75 Å². The van der Waals surface area contributed by atoms with Gasteiger partial charge in [0.1, 0.15) is 0 Å². The summed E-state index contributed by atoms with van der Waals surface area (Å²) in [6, 6.07) is 0. The number of fused-ring (bicyclic) bond motifs is 1. The lowest BCUT2D eigenvalue weighted by Gasteiger charge is -2.04. The third kappa shape index (κ3) is 1.93. The maximum absolute atomic E-state index is 9.27. The Morgan fingerprint density at radius 2 is 2.27 bits per heavy atom. The van der Waals surface area contributed by atoms with Gasteiger partial charge in [-0.1, -0.05) is 20.3 Å². The molecule has 0 radical (unpaired) electrons. The molecule has 4 nitrogen and oxygen atoms in total. The van der Waals surface area contributed by atoms with Gasteiger partial charge in [-0.2, -0.15) is 0 Å². The fraction of sp³-hybridized carbons (Fsp3) is 0.455. The van der Waals surface area contributed by atoms with Gasteiger partial charge in [-0.25, -0.2) is 9.97 Å². The van der Waals surface area contributed by atoms with Crippen LogP contribution in [0.4, 0.5) is 0 Å². The second-order valence-electron chi connectivity index (χ2n) is 3.87. The minimum atomic E-state index is 0.162. The summed E-state index contributed by atoms with van der Waals surface area (Å²) >= 11 is 0. The van der Waals surface area contributed by atoms with E-state index in [0.717, 1.165) is 18.5 Å². The first-order valence-corrected chi connectivity index (χ1v) is 5.24. The Morgan fingerprint density at radius 1 is 1.47 bits per heavy atom. The minimum Gasteiger partial charge on any atom is -0.505 e. The van der Waals surface area contributed by atoms with E-state index in [1.807, 2.05) is 6.20 Å². The molecule has 0 aromatic carbocycles. The third-order valence-corrected chi connectivity index (χ3v) is 2.54. The molecule has 0 aliphatic heterocycles. The zero-order valence-electron chi connectivity index (χ0n) is 9.01. The van der Waals surface area contributed by atoms with Crippen molar-refractivity contribution >= 4 is 5.78 Å². The van der Waals surface area contributed by atoms with E-state index in [9.17, 15) is 5.11 Å². The summed E-state index contributed by atoms with van der Waals surface area (Å²) < 4.78 is 1.76. The number of imidazole rings is 1. The maximum Gasteiger partial charge on any atom is 0.234 e. The van der Waals surface area contributed by atoms with E-state index in [4.69, 9.17) is 0 Å². The van der Waals surface area contributed by atoms with Crippen LogP contribution in [0.2, 0.25) is 0 Å². The lowest BCUT2D eigenvalue weighted by atomic mass is 10.0. The monoisotopic (exact) mass is 205 g/mol. The molecule has 0 saturated heterocycles. The van der Waals surface area contributed by atoms with Crippen molar-refractivity contribution in [1.29, 1.82) is 0 Å². The molecule has 15 heavy (non-hydrogen) atoms. The summed E-state index contributed by atoms with van der Waals surface area (Å²) in [5, 5.41) is 9.27. The summed E-state index contributed by atoms with van der Waals surface area (Å²) in [5.74, 6) is 1.25. The maximum atomic E-state index is 9.27. The third-order valence-electron chi connectivity index (χ3n) is 2.54. The van der Waals surface area contributed by atoms with Crippen LogP contribution < -0.4 is 0 Å². The molecule has 0 aliphatic carbocycles. The first kappa shape index (κ1) is 9.96. The number of hydrogen-bond acceptors (Lipinski definition) is 3. The smallest absolute Gasteiger partial charge is 0.234 e. The summed E-state index contributed by atoms with van der Waals surface area (Å²) in [6.45, 7) is 4.32. The first-order valence-electron chi connectivity index (χ1n) is 5.24. The van der Waals surface area contributed by atoms with E-state index >= 15 is 0 Å². The van der Waals surface area contributed by atoms with E-state index in [1.54, 1.807) is 10.6 Å². The topological polar surface area (TPSA) is 50.4 Å². The van der Waals surface area contributed by atoms with Gasteiger partial charge in [0.05, 0.1) is 18.1 Å². The van der Waals surface area contributed by atoms with Crippen LogP contribution in [-0.4, -0.2) is 19.5 Å². The van der Waals surface area contributed by atoms with Crippen molar-refractivity contribution in [2.24, 2.45) is 0 Å². The summed E-state index contributed by atoms with van der Waals surface area (Å²) in [6.07, 6.45) is 7.24. The fourth-order valence-electron chi connectivity index (χ4n) is 1.71. The minimum absolute atomic E-state index is 0.162. The van der Waals surface area contributed by atoms with Crippen molar-refractivity contribution in [1.82, 2.24) is 14.4 Å². The molecule has 0 bridgehead atoms. The number of nitrogens with zero attached hydrogens (tertiary/aromatic N) is 3. The van der Waals surface area contributed by atoms with Crippen molar-refractivity contribution in [3.63, 3.8) is 0 Å². The molecule has 2 aromatic heterocycles. The van der Waals surface area contributed by atoms with Crippen LogP contribution >= 0.6 is 0 Å². The average Bonchev–Trinajstić information content (AvgIpc) is 2.60. The molecule has 2 aromatic rings. The molecule has 0 aliphatic rings. The van der Waals surface area contributed by atoms with Crippen LogP contribution in [0.3, 0.4) is 0 Å². The molecule has 0 amide bonds. The Bertz CT molecular complexity index is 464. The normalized spacial score (nSPS) is 13.2. The standard InChI is InChI=1S/C11H15N3O/c1-3-4-8(2)10-7-14-6-9(15)5-12-11(14)13-10/h5-8,15H,3-4H2,1-2H3/t8-/m0/s1. The van der Waals surface area contributed by atoms with E-state index in [2.05, 4.69) is 23.8 Å². The van der Waals surface area contributed by atoms with Crippen LogP contribution in [-0.2, 0) is 0 Å². The van der Waals surface area contributed by atoms with Gasteiger partial charge in [0.2, 0.25) is 5.78 Å². The predicted octanol–water partition coefficient (Wildman–Crippen LogP) is 2.34. The van der Waals surface area contributed by atoms with E-state index in [0.29, 0.717) is 11.7 Å². The van der Waals surface area contributed by atoms with Gasteiger partial charge in [-0.3, -0.25) is 4.40 Å². The fourth-order valence-corrected chi connectivity index (χ4v) is 1.71. The van der Waals surface area contributed by atoms with Crippen molar-refractivity contribution < 1.29 is 5.11 Å². The Kier molecular flexibility index (Phi) is 2.58. The van der Waals surface area contributed by atoms with Crippen molar-refractivity contribution in [2.75, 3.05) is 0 Å². The molecule has 0 unspecified atom stereocenters. The highest BCUT2D eigenvalue weighted by atomic mass is 16.3. The molecular formula is C11H15N3O. The number of hydrogen-bond donors (Lipinski definition) is 1. The van der Waals surface area contributed by atoms with Gasteiger partial charge in [0, 0.05) is 6.20 Å². The first-order chi connectivity index (χ1) is 7.20. The molecule has 1 atom stereocenters. The molecule has 0 fully saturated rings. The van der Waals surface area contributed by atoms with E-state index < -0.39 is 0 Å². The van der Waals surface area contributed by atoms with Gasteiger partial charge in [-0.15, -0.1) is 0 Å². The summed E-state index contributed by atoms with van der Waals surface area (Å²) in [4.78, 5) is 8.46. The number of aromatic nitrogens is 3. The molecule has 80 valence electrons. The molecule has 2 heterocycles. The highest BCUT2D eigenvalue weighted by Gasteiger charge is 2.09. The molecule has 0 spiro atoms. The molecule has 2 rings (SSSR count). The Morgan fingerprint density at radius 3 is 3.00 bits per heavy atom. The van der Waals surface area contributed by atoms with Gasteiger partial charge in [-0.05, 0) is 12.3 Å². The molecular weight excluding hydrogens is 190 g/mol. The number of rotatable bonds is 3. The second kappa shape index (κ2) is 3.88. The highest BCUT2D eigenvalue weighted by Crippen LogP contribution is 2.20. The van der Waals surface area contributed by atoms with Crippen LogP contribution in [0, 0.1) is 0 Å². The number of aromatic hydroxyl groups is 1. The molecule has 4 heteroatoms. The zero-order chi connectivity index (χ0) is 10.8.